The number of thioether (sulfide) groups is 1. The van der Waals surface area contributed by atoms with Crippen molar-refractivity contribution in [3.05, 3.63) is 83.2 Å². The van der Waals surface area contributed by atoms with Gasteiger partial charge in [-0.25, -0.2) is 9.79 Å². The van der Waals surface area contributed by atoms with E-state index in [0.29, 0.717) is 21.4 Å². The van der Waals surface area contributed by atoms with E-state index < -0.39 is 5.97 Å². The normalized spacial score (nSPS) is 16.0. The average Bonchev–Trinajstić information content (AvgIpc) is 3.40. The molecule has 4 rings (SSSR count). The lowest BCUT2D eigenvalue weighted by atomic mass is 10.2. The number of aliphatic imine (C=N–C) groups is 1. The Morgan fingerprint density at radius 3 is 2.67 bits per heavy atom. The highest BCUT2D eigenvalue weighted by Gasteiger charge is 2.24. The van der Waals surface area contributed by atoms with Crippen molar-refractivity contribution in [2.24, 2.45) is 4.99 Å². The number of benzene rings is 2. The second-order valence-electron chi connectivity index (χ2n) is 6.09. The van der Waals surface area contributed by atoms with E-state index in [1.54, 1.807) is 30.3 Å². The number of furan rings is 1. The SMILES string of the molecule is COc1cc(/C=C2/SC(=Nc3ccccc3)NC2=O)ccc1OC(=O)c1ccco1. The molecule has 7 nitrogen and oxygen atoms in total. The standard InChI is InChI=1S/C22H16N2O5S/c1-27-18-12-14(9-10-16(18)29-21(26)17-8-5-11-28-17)13-19-20(25)24-22(30-19)23-15-6-3-2-4-7-15/h2-13H,1H3,(H,23,24,25)/b19-13+. The van der Waals surface area contributed by atoms with Crippen molar-refractivity contribution in [1.82, 2.24) is 5.32 Å². The molecule has 0 radical (unpaired) electrons. The predicted octanol–water partition coefficient (Wildman–Crippen LogP) is 4.40. The van der Waals surface area contributed by atoms with Crippen molar-refractivity contribution in [2.45, 2.75) is 0 Å². The number of esters is 1. The number of amidine groups is 1. The molecule has 150 valence electrons. The number of rotatable bonds is 5. The third-order valence-electron chi connectivity index (χ3n) is 4.05. The van der Waals surface area contributed by atoms with Gasteiger partial charge in [0.05, 0.1) is 24.0 Å². The van der Waals surface area contributed by atoms with Crippen LogP contribution in [0.25, 0.3) is 6.08 Å². The number of hydrogen-bond acceptors (Lipinski definition) is 7. The summed E-state index contributed by atoms with van der Waals surface area (Å²) in [4.78, 5) is 29.3. The highest BCUT2D eigenvalue weighted by Crippen LogP contribution is 2.32. The summed E-state index contributed by atoms with van der Waals surface area (Å²) in [5, 5.41) is 3.26. The number of nitrogens with zero attached hydrogens (tertiary/aromatic N) is 1. The van der Waals surface area contributed by atoms with Crippen LogP contribution in [0.15, 0.2) is 81.2 Å². The molecule has 0 aliphatic carbocycles. The van der Waals surface area contributed by atoms with Crippen molar-refractivity contribution >= 4 is 40.6 Å². The highest BCUT2D eigenvalue weighted by molar-refractivity contribution is 8.18. The Balaban J connectivity index is 1.53. The minimum absolute atomic E-state index is 0.0903. The summed E-state index contributed by atoms with van der Waals surface area (Å²) in [6.45, 7) is 0. The van der Waals surface area contributed by atoms with E-state index in [1.807, 2.05) is 30.3 Å². The van der Waals surface area contributed by atoms with E-state index in [-0.39, 0.29) is 17.4 Å². The maximum Gasteiger partial charge on any atom is 0.379 e. The van der Waals surface area contributed by atoms with Gasteiger partial charge in [0.1, 0.15) is 0 Å². The van der Waals surface area contributed by atoms with Gasteiger partial charge >= 0.3 is 5.97 Å². The van der Waals surface area contributed by atoms with Crippen LogP contribution < -0.4 is 14.8 Å². The fraction of sp³-hybridized carbons (Fsp3) is 0.0455. The van der Waals surface area contributed by atoms with Crippen LogP contribution in [0.5, 0.6) is 11.5 Å². The van der Waals surface area contributed by atoms with Crippen LogP contribution >= 0.6 is 11.8 Å². The van der Waals surface area contributed by atoms with Gasteiger partial charge in [-0.05, 0) is 59.8 Å². The van der Waals surface area contributed by atoms with Gasteiger partial charge in [0.15, 0.2) is 16.7 Å². The van der Waals surface area contributed by atoms with Gasteiger partial charge < -0.3 is 19.2 Å². The Morgan fingerprint density at radius 1 is 1.10 bits per heavy atom. The number of carbonyl (C=O) groups is 2. The molecule has 1 aliphatic rings. The first kappa shape index (κ1) is 19.5. The molecule has 8 heteroatoms. The van der Waals surface area contributed by atoms with E-state index in [0.717, 1.165) is 5.69 Å². The molecule has 3 aromatic rings. The Hall–Kier alpha value is -3.78. The number of hydrogen-bond donors (Lipinski definition) is 1. The number of amides is 1. The van der Waals surface area contributed by atoms with Gasteiger partial charge in [-0.1, -0.05) is 24.3 Å². The van der Waals surface area contributed by atoms with Gasteiger partial charge in [-0.3, -0.25) is 4.79 Å². The Morgan fingerprint density at radius 2 is 1.93 bits per heavy atom. The summed E-state index contributed by atoms with van der Waals surface area (Å²) in [6, 6.07) is 17.5. The maximum atomic E-state index is 12.3. The summed E-state index contributed by atoms with van der Waals surface area (Å²) >= 11 is 1.25. The topological polar surface area (TPSA) is 90.1 Å². The Kier molecular flexibility index (Phi) is 5.67. The van der Waals surface area contributed by atoms with E-state index in [4.69, 9.17) is 13.9 Å². The molecule has 0 spiro atoms. The molecule has 1 aliphatic heterocycles. The first-order valence-electron chi connectivity index (χ1n) is 8.91. The molecule has 2 heterocycles. The summed E-state index contributed by atoms with van der Waals surface area (Å²) in [5.74, 6) is -0.173. The second-order valence-corrected chi connectivity index (χ2v) is 7.13. The molecule has 2 aromatic carbocycles. The molecule has 0 atom stereocenters. The fourth-order valence-electron chi connectivity index (χ4n) is 2.65. The molecule has 1 aromatic heterocycles. The number of nitrogens with one attached hydrogen (secondary N) is 1. The highest BCUT2D eigenvalue weighted by atomic mass is 32.2. The smallest absolute Gasteiger partial charge is 0.379 e. The van der Waals surface area contributed by atoms with Crippen molar-refractivity contribution in [3.63, 3.8) is 0 Å². The van der Waals surface area contributed by atoms with E-state index in [2.05, 4.69) is 10.3 Å². The molecule has 1 N–H and O–H groups in total. The van der Waals surface area contributed by atoms with Crippen LogP contribution in [0.4, 0.5) is 5.69 Å². The molecule has 0 bridgehead atoms. The van der Waals surface area contributed by atoms with Crippen molar-refractivity contribution < 1.29 is 23.5 Å². The predicted molar refractivity (Wildman–Crippen MR) is 114 cm³/mol. The van der Waals surface area contributed by atoms with Crippen molar-refractivity contribution in [3.8, 4) is 11.5 Å². The zero-order valence-electron chi connectivity index (χ0n) is 15.8. The Bertz CT molecular complexity index is 1140. The molecular formula is C22H16N2O5S. The maximum absolute atomic E-state index is 12.3. The van der Waals surface area contributed by atoms with Crippen LogP contribution in [0.2, 0.25) is 0 Å². The third-order valence-corrected chi connectivity index (χ3v) is 4.96. The molecule has 1 amide bonds. The average molecular weight is 420 g/mol. The first-order chi connectivity index (χ1) is 14.6. The summed E-state index contributed by atoms with van der Waals surface area (Å²) in [7, 11) is 1.47. The van der Waals surface area contributed by atoms with Crippen LogP contribution in [0.3, 0.4) is 0 Å². The number of methoxy groups -OCH3 is 1. The zero-order valence-corrected chi connectivity index (χ0v) is 16.6. The number of carbonyl (C=O) groups excluding carboxylic acids is 2. The zero-order chi connectivity index (χ0) is 20.9. The van der Waals surface area contributed by atoms with E-state index in [9.17, 15) is 9.59 Å². The lowest BCUT2D eigenvalue weighted by molar-refractivity contribution is -0.115. The van der Waals surface area contributed by atoms with Gasteiger partial charge in [-0.15, -0.1) is 0 Å². The fourth-order valence-corrected chi connectivity index (χ4v) is 3.50. The van der Waals surface area contributed by atoms with Gasteiger partial charge in [0, 0.05) is 0 Å². The van der Waals surface area contributed by atoms with Gasteiger partial charge in [0.25, 0.3) is 5.91 Å². The number of para-hydroxylation sites is 1. The quantitative estimate of drug-likeness (QED) is 0.374. The molecule has 30 heavy (non-hydrogen) atoms. The molecule has 1 saturated heterocycles. The molecule has 0 unspecified atom stereocenters. The largest absolute Gasteiger partial charge is 0.493 e. The monoisotopic (exact) mass is 420 g/mol. The summed E-state index contributed by atoms with van der Waals surface area (Å²) in [5.41, 5.74) is 1.47. The van der Waals surface area contributed by atoms with Gasteiger partial charge in [-0.2, -0.15) is 0 Å². The number of ether oxygens (including phenoxy) is 2. The first-order valence-corrected chi connectivity index (χ1v) is 9.72. The van der Waals surface area contributed by atoms with Crippen molar-refractivity contribution in [1.29, 1.82) is 0 Å². The third kappa shape index (κ3) is 4.44. The van der Waals surface area contributed by atoms with Crippen molar-refractivity contribution in [2.75, 3.05) is 7.11 Å². The summed E-state index contributed by atoms with van der Waals surface area (Å²) in [6.07, 6.45) is 3.11. The van der Waals surface area contributed by atoms with Crippen LogP contribution in [0, 0.1) is 0 Å². The van der Waals surface area contributed by atoms with E-state index in [1.165, 1.54) is 31.2 Å². The van der Waals surface area contributed by atoms with E-state index >= 15 is 0 Å². The Labute approximate surface area is 176 Å². The second kappa shape index (κ2) is 8.71. The molecule has 0 saturated carbocycles. The summed E-state index contributed by atoms with van der Waals surface area (Å²) < 4.78 is 15.7. The molecular weight excluding hydrogens is 404 g/mol. The minimum atomic E-state index is -0.628. The van der Waals surface area contributed by atoms with Crippen LogP contribution in [-0.2, 0) is 4.79 Å². The minimum Gasteiger partial charge on any atom is -0.493 e. The van der Waals surface area contributed by atoms with Gasteiger partial charge in [0.2, 0.25) is 5.76 Å². The molecule has 1 fully saturated rings. The lowest BCUT2D eigenvalue weighted by Gasteiger charge is -2.09. The van der Waals surface area contributed by atoms with Crippen LogP contribution in [-0.4, -0.2) is 24.2 Å². The lowest BCUT2D eigenvalue weighted by Crippen LogP contribution is -2.19. The van der Waals surface area contributed by atoms with Crippen LogP contribution in [0.1, 0.15) is 16.1 Å².